The summed E-state index contributed by atoms with van der Waals surface area (Å²) in [5.74, 6) is 0. The van der Waals surface area contributed by atoms with Gasteiger partial charge in [-0.3, -0.25) is 14.9 Å². The van der Waals surface area contributed by atoms with Gasteiger partial charge in [0, 0.05) is 29.9 Å². The zero-order valence-electron chi connectivity index (χ0n) is 12.1. The van der Waals surface area contributed by atoms with Gasteiger partial charge in [-0.2, -0.15) is 0 Å². The number of carbonyl (C=O) groups is 1. The van der Waals surface area contributed by atoms with E-state index in [0.717, 1.165) is 43.5 Å². The summed E-state index contributed by atoms with van der Waals surface area (Å²) in [7, 11) is 0. The van der Waals surface area contributed by atoms with Crippen molar-refractivity contribution in [2.75, 3.05) is 13.1 Å². The Morgan fingerprint density at radius 2 is 2.09 bits per heavy atom. The molecule has 0 radical (unpaired) electrons. The minimum Gasteiger partial charge on any atom is -0.358 e. The van der Waals surface area contributed by atoms with Crippen LogP contribution < -0.4 is 10.6 Å². The lowest BCUT2D eigenvalue weighted by Crippen LogP contribution is -2.47. The molecule has 116 valence electrons. The maximum Gasteiger partial charge on any atom is 0.270 e. The first-order valence-electron chi connectivity index (χ1n) is 7.35. The zero-order chi connectivity index (χ0) is 15.5. The van der Waals surface area contributed by atoms with Crippen molar-refractivity contribution in [3.8, 4) is 0 Å². The molecule has 0 aliphatic carbocycles. The number of nitro groups is 1. The normalized spacial score (nSPS) is 22.1. The van der Waals surface area contributed by atoms with Gasteiger partial charge in [-0.15, -0.1) is 0 Å². The van der Waals surface area contributed by atoms with E-state index in [2.05, 4.69) is 10.6 Å². The number of aldehydes is 1. The molecule has 2 aliphatic rings. The Bertz CT molecular complexity index is 611. The van der Waals surface area contributed by atoms with Crippen LogP contribution in [0.4, 0.5) is 5.69 Å². The van der Waals surface area contributed by atoms with E-state index < -0.39 is 11.1 Å². The van der Waals surface area contributed by atoms with E-state index in [1.54, 1.807) is 12.1 Å². The van der Waals surface area contributed by atoms with Gasteiger partial charge in [-0.25, -0.2) is 0 Å². The third kappa shape index (κ3) is 2.80. The van der Waals surface area contributed by atoms with Crippen molar-refractivity contribution in [2.45, 2.75) is 25.0 Å². The van der Waals surface area contributed by atoms with Crippen molar-refractivity contribution in [3.05, 3.63) is 46.1 Å². The predicted octanol–water partition coefficient (Wildman–Crippen LogP) is 1.08. The summed E-state index contributed by atoms with van der Waals surface area (Å²) >= 11 is 0. The highest BCUT2D eigenvalue weighted by molar-refractivity contribution is 5.73. The molecule has 0 amide bonds. The van der Waals surface area contributed by atoms with Crippen molar-refractivity contribution in [2.24, 2.45) is 0 Å². The lowest BCUT2D eigenvalue weighted by molar-refractivity contribution is -0.384. The van der Waals surface area contributed by atoms with E-state index in [1.165, 1.54) is 12.1 Å². The van der Waals surface area contributed by atoms with Crippen LogP contribution in [-0.4, -0.2) is 41.4 Å². The summed E-state index contributed by atoms with van der Waals surface area (Å²) in [6.07, 6.45) is 4.34. The van der Waals surface area contributed by atoms with Gasteiger partial charge in [0.15, 0.2) is 12.5 Å². The summed E-state index contributed by atoms with van der Waals surface area (Å²) < 4.78 is 0. The van der Waals surface area contributed by atoms with Crippen LogP contribution in [0, 0.1) is 10.1 Å². The minimum absolute atomic E-state index is 0.0446. The van der Waals surface area contributed by atoms with Gasteiger partial charge in [-0.05, 0) is 25.9 Å². The molecule has 0 spiro atoms. The van der Waals surface area contributed by atoms with E-state index in [-0.39, 0.29) is 5.69 Å². The van der Waals surface area contributed by atoms with Gasteiger partial charge in [-0.1, -0.05) is 12.1 Å². The zero-order valence-corrected chi connectivity index (χ0v) is 12.1. The van der Waals surface area contributed by atoms with E-state index in [1.807, 2.05) is 11.1 Å². The second kappa shape index (κ2) is 6.15. The predicted molar refractivity (Wildman–Crippen MR) is 81.8 cm³/mol. The first-order chi connectivity index (χ1) is 10.7. The smallest absolute Gasteiger partial charge is 0.270 e. The molecule has 2 heterocycles. The quantitative estimate of drug-likeness (QED) is 0.491. The first kappa shape index (κ1) is 14.5. The van der Waals surface area contributed by atoms with Gasteiger partial charge in [0.05, 0.1) is 10.6 Å². The van der Waals surface area contributed by atoms with Crippen LogP contribution >= 0.6 is 0 Å². The number of carbonyl (C=O) groups excluding carboxylic acids is 1. The van der Waals surface area contributed by atoms with Gasteiger partial charge in [0.25, 0.3) is 5.69 Å². The molecule has 7 nitrogen and oxygen atoms in total. The first-order valence-corrected chi connectivity index (χ1v) is 7.35. The largest absolute Gasteiger partial charge is 0.358 e. The number of nitrogens with one attached hydrogen (secondary N) is 2. The standard InChI is InChI=1S/C15H18N4O3/c20-10-15-17-14(9-18(15)12-4-6-16-7-5-12)11-2-1-3-13(8-11)19(21)22/h1-3,8-10,12,15-17H,4-7H2. The van der Waals surface area contributed by atoms with Gasteiger partial charge >= 0.3 is 0 Å². The molecule has 1 saturated heterocycles. The summed E-state index contributed by atoms with van der Waals surface area (Å²) in [6.45, 7) is 1.87. The second-order valence-electron chi connectivity index (χ2n) is 5.50. The third-order valence-corrected chi connectivity index (χ3v) is 4.13. The second-order valence-corrected chi connectivity index (χ2v) is 5.50. The van der Waals surface area contributed by atoms with Gasteiger partial charge in [0.1, 0.15) is 0 Å². The maximum absolute atomic E-state index is 11.4. The number of benzene rings is 1. The molecule has 0 saturated carbocycles. The van der Waals surface area contributed by atoms with Gasteiger partial charge < -0.3 is 15.5 Å². The van der Waals surface area contributed by atoms with Crippen molar-refractivity contribution < 1.29 is 9.72 Å². The molecule has 1 aromatic carbocycles. The fourth-order valence-corrected chi connectivity index (χ4v) is 2.99. The van der Waals surface area contributed by atoms with E-state index in [9.17, 15) is 14.9 Å². The molecule has 2 aliphatic heterocycles. The fraction of sp³-hybridized carbons (Fsp3) is 0.400. The lowest BCUT2D eigenvalue weighted by atomic mass is 10.1. The topological polar surface area (TPSA) is 87.5 Å². The van der Waals surface area contributed by atoms with Gasteiger partial charge in [0.2, 0.25) is 0 Å². The molecule has 0 aromatic heterocycles. The summed E-state index contributed by atoms with van der Waals surface area (Å²) in [5.41, 5.74) is 1.51. The van der Waals surface area contributed by atoms with E-state index in [4.69, 9.17) is 0 Å². The van der Waals surface area contributed by atoms with Crippen molar-refractivity contribution in [1.29, 1.82) is 0 Å². The van der Waals surface area contributed by atoms with Crippen LogP contribution in [0.1, 0.15) is 18.4 Å². The molecule has 1 unspecified atom stereocenters. The molecule has 0 bridgehead atoms. The van der Waals surface area contributed by atoms with Crippen LogP contribution in [-0.2, 0) is 4.79 Å². The number of piperidine rings is 1. The molecule has 1 fully saturated rings. The highest BCUT2D eigenvalue weighted by atomic mass is 16.6. The Kier molecular flexibility index (Phi) is 4.06. The highest BCUT2D eigenvalue weighted by Gasteiger charge is 2.30. The molecule has 7 heteroatoms. The summed E-state index contributed by atoms with van der Waals surface area (Å²) in [4.78, 5) is 23.9. The Labute approximate surface area is 128 Å². The van der Waals surface area contributed by atoms with Crippen LogP contribution in [0.15, 0.2) is 30.5 Å². The number of non-ortho nitro benzene ring substituents is 1. The Morgan fingerprint density at radius 3 is 2.77 bits per heavy atom. The summed E-state index contributed by atoms with van der Waals surface area (Å²) in [6, 6.07) is 6.74. The molecule has 2 N–H and O–H groups in total. The van der Waals surface area contributed by atoms with Crippen LogP contribution in [0.3, 0.4) is 0 Å². The van der Waals surface area contributed by atoms with Crippen LogP contribution in [0.2, 0.25) is 0 Å². The minimum atomic E-state index is -0.416. The van der Waals surface area contributed by atoms with E-state index >= 15 is 0 Å². The Balaban J connectivity index is 1.86. The van der Waals surface area contributed by atoms with E-state index in [0.29, 0.717) is 6.04 Å². The van der Waals surface area contributed by atoms with Crippen LogP contribution in [0.25, 0.3) is 5.70 Å². The molecule has 3 rings (SSSR count). The number of rotatable bonds is 4. The number of hydrogen-bond donors (Lipinski definition) is 2. The monoisotopic (exact) mass is 302 g/mol. The molecular weight excluding hydrogens is 284 g/mol. The molecular formula is C15H18N4O3. The number of hydrogen-bond acceptors (Lipinski definition) is 6. The Hall–Kier alpha value is -2.41. The van der Waals surface area contributed by atoms with Crippen molar-refractivity contribution in [3.63, 3.8) is 0 Å². The average molecular weight is 302 g/mol. The summed E-state index contributed by atoms with van der Waals surface area (Å²) in [5, 5.41) is 17.3. The maximum atomic E-state index is 11.4. The molecule has 22 heavy (non-hydrogen) atoms. The van der Waals surface area contributed by atoms with Crippen molar-refractivity contribution in [1.82, 2.24) is 15.5 Å². The number of nitrogens with zero attached hydrogens (tertiary/aromatic N) is 2. The lowest BCUT2D eigenvalue weighted by Gasteiger charge is -2.33. The fourth-order valence-electron chi connectivity index (χ4n) is 2.99. The molecule has 1 atom stereocenters. The molecule has 1 aromatic rings. The van der Waals surface area contributed by atoms with Crippen molar-refractivity contribution >= 4 is 17.7 Å². The third-order valence-electron chi connectivity index (χ3n) is 4.13. The average Bonchev–Trinajstić information content (AvgIpc) is 3.00. The number of nitro benzene ring substituents is 1. The van der Waals surface area contributed by atoms with Crippen LogP contribution in [0.5, 0.6) is 0 Å². The highest BCUT2D eigenvalue weighted by Crippen LogP contribution is 2.26. The Morgan fingerprint density at radius 1 is 1.32 bits per heavy atom. The SMILES string of the molecule is O=CC1NC(c2cccc([N+](=O)[O-])c2)=CN1C1CCNCC1.